The Balaban J connectivity index is 2.82. The molecule has 2 N–H and O–H groups in total. The Kier molecular flexibility index (Phi) is 5.77. The molecule has 0 fully saturated rings. The Morgan fingerprint density at radius 2 is 2.13 bits per heavy atom. The third-order valence-electron chi connectivity index (χ3n) is 3.59. The fourth-order valence-electron chi connectivity index (χ4n) is 2.43. The number of fused-ring (bicyclic) bond motifs is 1. The number of halogens is 1. The van der Waals surface area contributed by atoms with E-state index in [0.717, 1.165) is 3.57 Å². The van der Waals surface area contributed by atoms with Crippen LogP contribution in [0.4, 0.5) is 0 Å². The van der Waals surface area contributed by atoms with E-state index in [0.29, 0.717) is 10.9 Å². The van der Waals surface area contributed by atoms with E-state index >= 15 is 0 Å². The van der Waals surface area contributed by atoms with Crippen molar-refractivity contribution in [2.75, 3.05) is 13.2 Å². The minimum atomic E-state index is -0.861. The number of pyridine rings is 1. The molecule has 2 atom stereocenters. The van der Waals surface area contributed by atoms with Crippen molar-refractivity contribution in [2.45, 2.75) is 26.0 Å². The van der Waals surface area contributed by atoms with Gasteiger partial charge in [0, 0.05) is 15.2 Å². The molecule has 0 saturated heterocycles. The van der Waals surface area contributed by atoms with Gasteiger partial charge in [-0.05, 0) is 54.6 Å². The van der Waals surface area contributed by atoms with E-state index in [1.54, 1.807) is 30.5 Å². The molecule has 2 aromatic rings. The summed E-state index contributed by atoms with van der Waals surface area (Å²) < 4.78 is 7.34. The number of nitrogens with zero attached hydrogens (tertiary/aromatic N) is 1. The number of aromatic nitrogens is 1. The highest BCUT2D eigenvalue weighted by Crippen LogP contribution is 2.22. The van der Waals surface area contributed by atoms with Crippen molar-refractivity contribution < 1.29 is 19.7 Å². The van der Waals surface area contributed by atoms with Crippen LogP contribution in [0.5, 0.6) is 0 Å². The molecular formula is C16H18INO5. The van der Waals surface area contributed by atoms with Crippen molar-refractivity contribution in [3.8, 4) is 0 Å². The minimum Gasteiger partial charge on any atom is -0.462 e. The van der Waals surface area contributed by atoms with Gasteiger partial charge in [0.05, 0.1) is 30.9 Å². The van der Waals surface area contributed by atoms with Gasteiger partial charge in [0.25, 0.3) is 0 Å². The fourth-order valence-corrected chi connectivity index (χ4v) is 2.92. The maximum Gasteiger partial charge on any atom is 0.343 e. The molecule has 0 bridgehead atoms. The molecule has 0 aliphatic carbocycles. The molecule has 2 unspecified atom stereocenters. The fraction of sp³-hybridized carbons (Fsp3) is 0.375. The number of hydrogen-bond donors (Lipinski definition) is 2. The van der Waals surface area contributed by atoms with Gasteiger partial charge in [-0.3, -0.25) is 4.79 Å². The van der Waals surface area contributed by atoms with E-state index in [1.165, 1.54) is 6.20 Å². The van der Waals surface area contributed by atoms with Crippen molar-refractivity contribution in [2.24, 2.45) is 0 Å². The summed E-state index contributed by atoms with van der Waals surface area (Å²) in [7, 11) is 0. The number of benzene rings is 1. The summed E-state index contributed by atoms with van der Waals surface area (Å²) in [6, 6.07) is 4.55. The second kappa shape index (κ2) is 7.41. The SMILES string of the molecule is CCOC(=O)c1cn(C(CO)C(C)O)c2ccc(I)cc2c1=O. The summed E-state index contributed by atoms with van der Waals surface area (Å²) >= 11 is 2.08. The Morgan fingerprint density at radius 1 is 1.43 bits per heavy atom. The highest BCUT2D eigenvalue weighted by atomic mass is 127. The Labute approximate surface area is 146 Å². The summed E-state index contributed by atoms with van der Waals surface area (Å²) in [5.41, 5.74) is 0.0133. The van der Waals surface area contributed by atoms with Crippen LogP contribution in [-0.4, -0.2) is 40.1 Å². The lowest BCUT2D eigenvalue weighted by atomic mass is 10.1. The number of ether oxygens (including phenoxy) is 1. The average molecular weight is 431 g/mol. The quantitative estimate of drug-likeness (QED) is 0.556. The topological polar surface area (TPSA) is 88.8 Å². The highest BCUT2D eigenvalue weighted by molar-refractivity contribution is 14.1. The van der Waals surface area contributed by atoms with Crippen molar-refractivity contribution in [3.63, 3.8) is 0 Å². The standard InChI is InChI=1S/C16H18INO5/c1-3-23-16(22)12-7-18(14(8-19)9(2)20)13-5-4-10(17)6-11(13)15(12)21/h4-7,9,14,19-20H,3,8H2,1-2H3. The molecule has 124 valence electrons. The van der Waals surface area contributed by atoms with Gasteiger partial charge < -0.3 is 19.5 Å². The van der Waals surface area contributed by atoms with Gasteiger partial charge in [0.15, 0.2) is 0 Å². The molecule has 0 radical (unpaired) electrons. The molecule has 0 spiro atoms. The van der Waals surface area contributed by atoms with Crippen LogP contribution in [-0.2, 0) is 4.74 Å². The Hall–Kier alpha value is -1.45. The van der Waals surface area contributed by atoms with E-state index in [4.69, 9.17) is 4.74 Å². The van der Waals surface area contributed by atoms with Crippen LogP contribution in [0.15, 0.2) is 29.2 Å². The summed E-state index contributed by atoms with van der Waals surface area (Å²) in [6.07, 6.45) is 0.489. The molecule has 2 rings (SSSR count). The summed E-state index contributed by atoms with van der Waals surface area (Å²) in [4.78, 5) is 24.7. The molecule has 0 saturated carbocycles. The van der Waals surface area contributed by atoms with Crippen molar-refractivity contribution >= 4 is 39.5 Å². The predicted molar refractivity (Wildman–Crippen MR) is 94.7 cm³/mol. The summed E-state index contributed by atoms with van der Waals surface area (Å²) in [5.74, 6) is -0.714. The second-order valence-corrected chi connectivity index (χ2v) is 6.40. The zero-order valence-electron chi connectivity index (χ0n) is 12.8. The minimum absolute atomic E-state index is 0.111. The van der Waals surface area contributed by atoms with E-state index < -0.39 is 23.5 Å². The average Bonchev–Trinajstić information content (AvgIpc) is 2.50. The third-order valence-corrected chi connectivity index (χ3v) is 4.26. The number of hydrogen-bond acceptors (Lipinski definition) is 5. The molecule has 0 amide bonds. The number of carbonyl (C=O) groups excluding carboxylic acids is 1. The van der Waals surface area contributed by atoms with E-state index in [-0.39, 0.29) is 18.8 Å². The maximum atomic E-state index is 12.6. The molecule has 0 aliphatic rings. The zero-order chi connectivity index (χ0) is 17.1. The van der Waals surface area contributed by atoms with Gasteiger partial charge in [0.2, 0.25) is 5.43 Å². The molecule has 6 nitrogen and oxygen atoms in total. The molecule has 1 aromatic heterocycles. The number of aliphatic hydroxyl groups is 2. The lowest BCUT2D eigenvalue weighted by molar-refractivity contribution is 0.0520. The lowest BCUT2D eigenvalue weighted by Gasteiger charge is -2.24. The third kappa shape index (κ3) is 3.56. The van der Waals surface area contributed by atoms with Crippen LogP contribution in [0.1, 0.15) is 30.2 Å². The highest BCUT2D eigenvalue weighted by Gasteiger charge is 2.22. The molecular weight excluding hydrogens is 413 g/mol. The number of esters is 1. The van der Waals surface area contributed by atoms with Crippen LogP contribution in [0.25, 0.3) is 10.9 Å². The van der Waals surface area contributed by atoms with Crippen LogP contribution >= 0.6 is 22.6 Å². The molecule has 0 aliphatic heterocycles. The van der Waals surface area contributed by atoms with Gasteiger partial charge in [-0.2, -0.15) is 0 Å². The molecule has 1 heterocycles. The van der Waals surface area contributed by atoms with Crippen LogP contribution in [0.2, 0.25) is 0 Å². The van der Waals surface area contributed by atoms with E-state index in [2.05, 4.69) is 22.6 Å². The second-order valence-electron chi connectivity index (χ2n) is 5.15. The smallest absolute Gasteiger partial charge is 0.343 e. The van der Waals surface area contributed by atoms with Crippen molar-refractivity contribution in [1.29, 1.82) is 0 Å². The van der Waals surface area contributed by atoms with Crippen LogP contribution in [0.3, 0.4) is 0 Å². The number of carbonyl (C=O) groups is 1. The Bertz CT molecular complexity index is 784. The van der Waals surface area contributed by atoms with E-state index in [1.807, 2.05) is 6.07 Å². The molecule has 1 aromatic carbocycles. The van der Waals surface area contributed by atoms with Crippen molar-refractivity contribution in [1.82, 2.24) is 4.57 Å². The largest absolute Gasteiger partial charge is 0.462 e. The molecule has 7 heteroatoms. The van der Waals surface area contributed by atoms with E-state index in [9.17, 15) is 19.8 Å². The maximum absolute atomic E-state index is 12.6. The monoisotopic (exact) mass is 431 g/mol. The normalized spacial score (nSPS) is 13.8. The van der Waals surface area contributed by atoms with Gasteiger partial charge in [0.1, 0.15) is 5.56 Å². The van der Waals surface area contributed by atoms with Gasteiger partial charge in [-0.25, -0.2) is 4.79 Å². The first-order valence-electron chi connectivity index (χ1n) is 7.21. The Morgan fingerprint density at radius 3 is 2.70 bits per heavy atom. The van der Waals surface area contributed by atoms with Crippen molar-refractivity contribution in [3.05, 3.63) is 43.8 Å². The predicted octanol–water partition coefficient (Wildman–Crippen LogP) is 1.70. The first kappa shape index (κ1) is 17.9. The molecule has 23 heavy (non-hydrogen) atoms. The van der Waals surface area contributed by atoms with Gasteiger partial charge in [-0.15, -0.1) is 0 Å². The summed E-state index contributed by atoms with van der Waals surface area (Å²) in [6.45, 7) is 3.03. The van der Waals surface area contributed by atoms with Crippen LogP contribution < -0.4 is 5.43 Å². The zero-order valence-corrected chi connectivity index (χ0v) is 15.0. The first-order chi connectivity index (χ1) is 10.9. The lowest BCUT2D eigenvalue weighted by Crippen LogP contribution is -2.29. The first-order valence-corrected chi connectivity index (χ1v) is 8.29. The summed E-state index contributed by atoms with van der Waals surface area (Å²) in [5, 5.41) is 19.8. The van der Waals surface area contributed by atoms with Gasteiger partial charge in [-0.1, -0.05) is 0 Å². The number of rotatable bonds is 5. The number of aliphatic hydroxyl groups excluding tert-OH is 2. The van der Waals surface area contributed by atoms with Gasteiger partial charge >= 0.3 is 5.97 Å². The van der Waals surface area contributed by atoms with Crippen LogP contribution in [0, 0.1) is 3.57 Å².